The van der Waals surface area contributed by atoms with Gasteiger partial charge in [-0.15, -0.1) is 0 Å². The van der Waals surface area contributed by atoms with Crippen molar-refractivity contribution < 1.29 is 37.5 Å². The highest BCUT2D eigenvalue weighted by Gasteiger charge is 2.33. The van der Waals surface area contributed by atoms with Crippen molar-refractivity contribution in [1.82, 2.24) is 39.5 Å². The third kappa shape index (κ3) is 12.7. The van der Waals surface area contributed by atoms with Crippen LogP contribution in [-0.2, 0) is 9.59 Å². The lowest BCUT2D eigenvalue weighted by Gasteiger charge is -2.34. The van der Waals surface area contributed by atoms with E-state index in [4.69, 9.17) is 34.8 Å². The van der Waals surface area contributed by atoms with Crippen LogP contribution in [0.1, 0.15) is 104 Å². The number of carbonyl (C=O) groups excluding carboxylic acids is 6. The number of hydrogen-bond acceptors (Lipinski definition) is 13. The molecule has 11 N–H and O–H groups in total. The first-order valence-electron chi connectivity index (χ1n) is 21.9. The van der Waals surface area contributed by atoms with Crippen LogP contribution in [0.4, 0.5) is 20.4 Å². The highest BCUT2D eigenvalue weighted by molar-refractivity contribution is 6.66. The van der Waals surface area contributed by atoms with Gasteiger partial charge in [-0.25, -0.2) is 38.1 Å². The zero-order valence-electron chi connectivity index (χ0n) is 38.0. The molecule has 0 saturated carbocycles. The first-order chi connectivity index (χ1) is 34.0. The van der Waals surface area contributed by atoms with Crippen LogP contribution in [0.2, 0.25) is 0 Å². The lowest BCUT2D eigenvalue weighted by atomic mass is 10.0. The number of nitrogens with one attached hydrogen (secondary N) is 3. The Labute approximate surface area is 410 Å². The van der Waals surface area contributed by atoms with E-state index in [2.05, 4.69) is 49.0 Å². The molecule has 2 atom stereocenters. The van der Waals surface area contributed by atoms with Crippen LogP contribution in [0, 0.1) is 11.6 Å². The van der Waals surface area contributed by atoms with Crippen molar-refractivity contribution in [2.45, 2.75) is 50.6 Å². The van der Waals surface area contributed by atoms with Crippen molar-refractivity contribution >= 4 is 58.0 Å². The number of benzene rings is 2. The van der Waals surface area contributed by atoms with Crippen LogP contribution in [-0.4, -0.2) is 82.1 Å². The minimum absolute atomic E-state index is 0.0160. The minimum Gasteiger partial charge on any atom is -0.364 e. The number of amides is 5. The number of rotatable bonds is 12. The molecule has 6 aromatic rings. The van der Waals surface area contributed by atoms with Gasteiger partial charge in [-0.2, -0.15) is 0 Å². The Morgan fingerprint density at radius 2 is 1.14 bits per heavy atom. The highest BCUT2D eigenvalue weighted by Crippen LogP contribution is 2.34. The van der Waals surface area contributed by atoms with E-state index in [0.717, 1.165) is 61.5 Å². The third-order valence-electron chi connectivity index (χ3n) is 11.2. The third-order valence-corrected chi connectivity index (χ3v) is 11.3. The maximum absolute atomic E-state index is 13.3. The number of nitrogens with two attached hydrogens (primary N) is 4. The molecule has 5 amide bonds. The summed E-state index contributed by atoms with van der Waals surface area (Å²) in [5.41, 5.74) is 13.6. The van der Waals surface area contributed by atoms with Gasteiger partial charge in [0.05, 0.1) is 12.1 Å². The van der Waals surface area contributed by atoms with Gasteiger partial charge in [0.2, 0.25) is 11.1 Å². The number of anilines is 2. The zero-order valence-corrected chi connectivity index (χ0v) is 38.7. The number of nitrogen functional groups attached to an aromatic ring is 2. The van der Waals surface area contributed by atoms with Gasteiger partial charge in [0.1, 0.15) is 40.5 Å². The molecular formula is C48H49ClF2N14O6. The Balaban J connectivity index is 0.000000213. The number of piperidine rings is 2. The smallest absolute Gasteiger partial charge is 0.269 e. The van der Waals surface area contributed by atoms with Crippen molar-refractivity contribution in [3.8, 4) is 22.5 Å². The van der Waals surface area contributed by atoms with Gasteiger partial charge in [0.15, 0.2) is 17.2 Å². The molecule has 2 aromatic carbocycles. The first-order valence-corrected chi connectivity index (χ1v) is 22.3. The Morgan fingerprint density at radius 1 is 0.676 bits per heavy atom. The van der Waals surface area contributed by atoms with Crippen LogP contribution in [0.25, 0.3) is 22.5 Å². The van der Waals surface area contributed by atoms with E-state index in [0.29, 0.717) is 47.0 Å². The summed E-state index contributed by atoms with van der Waals surface area (Å²) in [4.78, 5) is 89.7. The lowest BCUT2D eigenvalue weighted by Crippen LogP contribution is -2.39. The molecular weight excluding hydrogens is 942 g/mol. The molecule has 368 valence electrons. The van der Waals surface area contributed by atoms with Crippen molar-refractivity contribution in [3.63, 3.8) is 0 Å². The monoisotopic (exact) mass is 990 g/mol. The summed E-state index contributed by atoms with van der Waals surface area (Å²) in [5, 5.41) is 7.90. The summed E-state index contributed by atoms with van der Waals surface area (Å²) in [6.45, 7) is 8.01. The number of primary amides is 2. The molecule has 0 radical (unpaired) electrons. The van der Waals surface area contributed by atoms with Crippen LogP contribution in [0.5, 0.6) is 0 Å². The molecule has 20 nitrogen and oxygen atoms in total. The summed E-state index contributed by atoms with van der Waals surface area (Å²) in [5.74, 6) is 9.79. The molecule has 0 aliphatic carbocycles. The number of aromatic nitrogens is 6. The molecule has 23 heteroatoms. The Morgan fingerprint density at radius 3 is 1.56 bits per heavy atom. The fourth-order valence-corrected chi connectivity index (χ4v) is 7.79. The number of carbonyl (C=O) groups is 6. The van der Waals surface area contributed by atoms with Crippen LogP contribution >= 0.6 is 11.6 Å². The van der Waals surface area contributed by atoms with Crippen molar-refractivity contribution in [1.29, 1.82) is 0 Å². The molecule has 2 fully saturated rings. The van der Waals surface area contributed by atoms with Gasteiger partial charge < -0.3 is 44.0 Å². The van der Waals surface area contributed by atoms with E-state index < -0.39 is 46.5 Å². The van der Waals surface area contributed by atoms with E-state index in [1.165, 1.54) is 47.4 Å². The number of halogens is 3. The SMILES string of the molecule is C=CC(=O)Cl.C=CC(=O)N1CCCC[C@H]1c1nc(-c2ccc(C(=O)Nc3cc(F)ccn3)cc2)c(C(N)=O)n1N.NC(=O)c1c(-c2ccc(C(=O)Nc3cc(F)ccn3)cc2)nc([C@@H]2CCCCN2)n1N. The summed E-state index contributed by atoms with van der Waals surface area (Å²) in [7, 11) is 0. The fraction of sp³-hybridized carbons (Fsp3) is 0.208. The minimum atomic E-state index is -0.780. The van der Waals surface area contributed by atoms with E-state index in [-0.39, 0.29) is 46.2 Å². The zero-order chi connectivity index (χ0) is 51.4. The van der Waals surface area contributed by atoms with Crippen LogP contribution in [0.3, 0.4) is 0 Å². The van der Waals surface area contributed by atoms with Gasteiger partial charge in [0, 0.05) is 53.3 Å². The van der Waals surface area contributed by atoms with Crippen molar-refractivity contribution in [3.05, 3.63) is 156 Å². The predicted molar refractivity (Wildman–Crippen MR) is 261 cm³/mol. The Bertz CT molecular complexity index is 2970. The molecule has 2 aliphatic rings. The second-order valence-corrected chi connectivity index (χ2v) is 16.2. The first kappa shape index (κ1) is 51.8. The van der Waals surface area contributed by atoms with Crippen molar-refractivity contribution in [2.24, 2.45) is 11.5 Å². The largest absolute Gasteiger partial charge is 0.364 e. The topological polar surface area (TPSA) is 307 Å². The lowest BCUT2D eigenvalue weighted by molar-refractivity contribution is -0.130. The standard InChI is InChI=1S/C24H24FN7O3.C21H22FN7O2.C3H3ClO/c1-2-19(33)31-12-4-3-5-17(31)23-30-20(21(22(26)34)32(23)27)14-6-8-15(9-7-14)24(35)29-18-13-16(25)10-11-28-18;22-14-8-10-26-16(11-14)27-21(31)13-6-4-12(5-7-13)17-18(19(23)30)29(24)20(28-17)15-3-1-2-9-25-15;1-2-3(4)5/h2,6-11,13,17H,1,3-5,12,27H2,(H2,26,34)(H,28,29,35);4-8,10-11,15,25H,1-3,9,24H2,(H2,23,30)(H,26,27,31);2H,1H2/t17-;15-;/m00./s1. The molecule has 8 rings (SSSR count). The molecule has 2 saturated heterocycles. The van der Waals surface area contributed by atoms with Gasteiger partial charge in [-0.3, -0.25) is 28.8 Å². The summed E-state index contributed by atoms with van der Waals surface area (Å²) < 4.78 is 29.0. The van der Waals surface area contributed by atoms with E-state index in [1.807, 2.05) is 0 Å². The Kier molecular flexibility index (Phi) is 17.2. The number of imidazole rings is 2. The number of allylic oxidation sites excluding steroid dienone is 1. The number of hydrogen-bond donors (Lipinski definition) is 7. The number of pyridine rings is 2. The van der Waals surface area contributed by atoms with Crippen LogP contribution < -0.4 is 39.1 Å². The molecule has 0 spiro atoms. The van der Waals surface area contributed by atoms with E-state index >= 15 is 0 Å². The molecule has 2 aliphatic heterocycles. The number of likely N-dealkylation sites (tertiary alicyclic amines) is 1. The van der Waals surface area contributed by atoms with Gasteiger partial charge in [0.25, 0.3) is 23.6 Å². The van der Waals surface area contributed by atoms with Gasteiger partial charge in [-0.05, 0) is 98.8 Å². The second-order valence-electron chi connectivity index (χ2n) is 15.8. The Hall–Kier alpha value is -8.63. The van der Waals surface area contributed by atoms with E-state index in [9.17, 15) is 37.5 Å². The molecule has 71 heavy (non-hydrogen) atoms. The summed E-state index contributed by atoms with van der Waals surface area (Å²) in [6.07, 6.45) is 10.1. The molecule has 6 heterocycles. The maximum Gasteiger partial charge on any atom is 0.269 e. The summed E-state index contributed by atoms with van der Waals surface area (Å²) in [6, 6.07) is 16.8. The molecule has 0 bridgehead atoms. The van der Waals surface area contributed by atoms with Crippen LogP contribution in [0.15, 0.2) is 111 Å². The maximum atomic E-state index is 13.3. The van der Waals surface area contributed by atoms with Crippen molar-refractivity contribution in [2.75, 3.05) is 35.4 Å². The number of nitrogens with zero attached hydrogens (tertiary/aromatic N) is 7. The van der Waals surface area contributed by atoms with Gasteiger partial charge in [-0.1, -0.05) is 43.8 Å². The predicted octanol–water partition coefficient (Wildman–Crippen LogP) is 5.29. The molecule has 4 aromatic heterocycles. The van der Waals surface area contributed by atoms with Gasteiger partial charge >= 0.3 is 0 Å². The fourth-order valence-electron chi connectivity index (χ4n) is 7.79. The summed E-state index contributed by atoms with van der Waals surface area (Å²) >= 11 is 4.71. The average Bonchev–Trinajstić information content (AvgIpc) is 3.91. The quantitative estimate of drug-likeness (QED) is 0.0466. The molecule has 0 unspecified atom stereocenters. The van der Waals surface area contributed by atoms with E-state index in [1.54, 1.807) is 41.3 Å². The highest BCUT2D eigenvalue weighted by atomic mass is 35.5. The average molecular weight is 991 g/mol. The second kappa shape index (κ2) is 23.6. The normalized spacial score (nSPS) is 15.1.